The predicted octanol–water partition coefficient (Wildman–Crippen LogP) is 13.7. The number of para-hydroxylation sites is 2. The molecule has 2 heteroatoms. The van der Waals surface area contributed by atoms with E-state index in [1.165, 1.54) is 131 Å². The summed E-state index contributed by atoms with van der Waals surface area (Å²) in [6.07, 6.45) is 15.9. The topological polar surface area (TPSA) is 6.48 Å². The van der Waals surface area contributed by atoms with Crippen molar-refractivity contribution in [2.45, 2.75) is 122 Å². The van der Waals surface area contributed by atoms with Crippen LogP contribution in [0.3, 0.4) is 0 Å². The van der Waals surface area contributed by atoms with Crippen LogP contribution in [0.1, 0.15) is 114 Å². The van der Waals surface area contributed by atoms with Crippen LogP contribution >= 0.6 is 0 Å². The first kappa shape index (κ1) is 33.8. The molecule has 3 aliphatic rings. The maximum Gasteiger partial charge on any atom is 0.0465 e. The lowest BCUT2D eigenvalue weighted by molar-refractivity contribution is 0.340. The van der Waals surface area contributed by atoms with Gasteiger partial charge in [0.25, 0.3) is 0 Å². The summed E-state index contributed by atoms with van der Waals surface area (Å²) in [6.45, 7) is 9.56. The van der Waals surface area contributed by atoms with Gasteiger partial charge in [0.2, 0.25) is 0 Å². The second-order valence-corrected chi connectivity index (χ2v) is 16.0. The van der Waals surface area contributed by atoms with E-state index in [1.54, 1.807) is 0 Å². The normalized spacial score (nSPS) is 17.2. The van der Waals surface area contributed by atoms with E-state index in [-0.39, 0.29) is 5.41 Å². The molecule has 0 bridgehead atoms. The number of hydrogen-bond acceptors (Lipinski definition) is 2. The third kappa shape index (κ3) is 6.30. The van der Waals surface area contributed by atoms with Gasteiger partial charge in [0.15, 0.2) is 0 Å². The monoisotopic (exact) mass is 672 g/mol. The van der Waals surface area contributed by atoms with E-state index in [9.17, 15) is 0 Å². The molecule has 5 aromatic rings. The molecular weight excluding hydrogens is 617 g/mol. The molecule has 0 aromatic heterocycles. The minimum Gasteiger partial charge on any atom is -0.366 e. The zero-order valence-electron chi connectivity index (χ0n) is 31.4. The Morgan fingerprint density at radius 1 is 0.471 bits per heavy atom. The van der Waals surface area contributed by atoms with Gasteiger partial charge in [-0.1, -0.05) is 121 Å². The third-order valence-electron chi connectivity index (χ3n) is 12.5. The Kier molecular flexibility index (Phi) is 9.53. The summed E-state index contributed by atoms with van der Waals surface area (Å²) in [7, 11) is 0. The fourth-order valence-electron chi connectivity index (χ4n) is 9.83. The molecule has 0 spiro atoms. The Hall–Kier alpha value is -4.30. The second kappa shape index (κ2) is 14.4. The molecular formula is C49H56N2. The largest absolute Gasteiger partial charge is 0.366 e. The molecule has 0 saturated heterocycles. The lowest BCUT2D eigenvalue weighted by atomic mass is 9.80. The summed E-state index contributed by atoms with van der Waals surface area (Å²) < 4.78 is 0. The van der Waals surface area contributed by atoms with Crippen molar-refractivity contribution in [1.29, 1.82) is 0 Å². The summed E-state index contributed by atoms with van der Waals surface area (Å²) >= 11 is 0. The van der Waals surface area contributed by atoms with Gasteiger partial charge in [-0.05, 0) is 138 Å². The van der Waals surface area contributed by atoms with Crippen molar-refractivity contribution in [2.24, 2.45) is 0 Å². The third-order valence-corrected chi connectivity index (χ3v) is 12.5. The molecule has 0 atom stereocenters. The standard InChI is InChI=1S/C49H56N2/c1-5-35-31-41(50(37-19-11-7-12-20-37)38-21-13-8-14-22-38)27-29-43(35)45-34-48-46(32-36(45)6-2)44-30-28-42(33-47(44)49(48,3)4)51(39-23-15-9-16-24-39)40-25-17-10-18-26-40/h9-10,15-18,23-34,37-38H,5-8,11-14,19-22H2,1-4H3. The number of aryl methyl sites for hydroxylation is 2. The zero-order valence-corrected chi connectivity index (χ0v) is 31.4. The first-order chi connectivity index (χ1) is 25.0. The average Bonchev–Trinajstić information content (AvgIpc) is 3.40. The number of anilines is 4. The first-order valence-electron chi connectivity index (χ1n) is 20.1. The van der Waals surface area contributed by atoms with Gasteiger partial charge in [0.1, 0.15) is 0 Å². The van der Waals surface area contributed by atoms with Crippen molar-refractivity contribution >= 4 is 22.7 Å². The smallest absolute Gasteiger partial charge is 0.0465 e. The fourth-order valence-corrected chi connectivity index (χ4v) is 9.83. The number of rotatable bonds is 9. The molecule has 2 saturated carbocycles. The lowest BCUT2D eigenvalue weighted by Crippen LogP contribution is -2.45. The molecule has 0 amide bonds. The number of nitrogens with zero attached hydrogens (tertiary/aromatic N) is 2. The lowest BCUT2D eigenvalue weighted by Gasteiger charge is -2.43. The van der Waals surface area contributed by atoms with Crippen LogP contribution in [-0.4, -0.2) is 12.1 Å². The van der Waals surface area contributed by atoms with E-state index in [0.717, 1.165) is 12.8 Å². The van der Waals surface area contributed by atoms with Crippen LogP contribution in [0.5, 0.6) is 0 Å². The van der Waals surface area contributed by atoms with Crippen LogP contribution in [0, 0.1) is 0 Å². The van der Waals surface area contributed by atoms with Crippen molar-refractivity contribution in [3.05, 3.63) is 131 Å². The summed E-state index contributed by atoms with van der Waals surface area (Å²) in [4.78, 5) is 5.30. The van der Waals surface area contributed by atoms with E-state index in [1.807, 2.05) is 0 Å². The summed E-state index contributed by atoms with van der Waals surface area (Å²) in [5, 5.41) is 0. The molecule has 0 aliphatic heterocycles. The van der Waals surface area contributed by atoms with Crippen LogP contribution in [0.15, 0.2) is 109 Å². The Morgan fingerprint density at radius 2 is 0.980 bits per heavy atom. The van der Waals surface area contributed by atoms with Gasteiger partial charge in [0, 0.05) is 40.2 Å². The van der Waals surface area contributed by atoms with E-state index in [2.05, 4.69) is 147 Å². The minimum absolute atomic E-state index is 0.119. The van der Waals surface area contributed by atoms with E-state index in [4.69, 9.17) is 0 Å². The fraction of sp³-hybridized carbons (Fsp3) is 0.388. The quantitative estimate of drug-likeness (QED) is 0.154. The highest BCUT2D eigenvalue weighted by atomic mass is 15.2. The Bertz CT molecular complexity index is 1900. The Morgan fingerprint density at radius 3 is 1.55 bits per heavy atom. The highest BCUT2D eigenvalue weighted by Gasteiger charge is 2.37. The molecule has 2 nitrogen and oxygen atoms in total. The van der Waals surface area contributed by atoms with Crippen LogP contribution in [0.25, 0.3) is 22.3 Å². The van der Waals surface area contributed by atoms with Crippen molar-refractivity contribution in [1.82, 2.24) is 0 Å². The molecule has 3 aliphatic carbocycles. The van der Waals surface area contributed by atoms with Gasteiger partial charge in [-0.3, -0.25) is 0 Å². The van der Waals surface area contributed by atoms with Crippen LogP contribution in [-0.2, 0) is 18.3 Å². The van der Waals surface area contributed by atoms with Gasteiger partial charge in [-0.15, -0.1) is 0 Å². The molecule has 0 N–H and O–H groups in total. The van der Waals surface area contributed by atoms with E-state index < -0.39 is 0 Å². The molecule has 2 fully saturated rings. The molecule has 51 heavy (non-hydrogen) atoms. The summed E-state index contributed by atoms with van der Waals surface area (Å²) in [5.41, 5.74) is 16.4. The maximum absolute atomic E-state index is 2.91. The van der Waals surface area contributed by atoms with E-state index in [0.29, 0.717) is 12.1 Å². The first-order valence-corrected chi connectivity index (χ1v) is 20.1. The highest BCUT2D eigenvalue weighted by Crippen LogP contribution is 2.52. The van der Waals surface area contributed by atoms with Crippen molar-refractivity contribution in [3.63, 3.8) is 0 Å². The van der Waals surface area contributed by atoms with Gasteiger partial charge < -0.3 is 9.80 Å². The van der Waals surface area contributed by atoms with Gasteiger partial charge in [-0.2, -0.15) is 0 Å². The second-order valence-electron chi connectivity index (χ2n) is 16.0. The number of benzene rings is 5. The van der Waals surface area contributed by atoms with Crippen LogP contribution in [0.2, 0.25) is 0 Å². The average molecular weight is 673 g/mol. The van der Waals surface area contributed by atoms with E-state index >= 15 is 0 Å². The predicted molar refractivity (Wildman–Crippen MR) is 219 cm³/mol. The van der Waals surface area contributed by atoms with Gasteiger partial charge in [0.05, 0.1) is 0 Å². The SMILES string of the molecule is CCc1cc(N(C2CCCCC2)C2CCCCC2)ccc1-c1cc2c(cc1CC)-c1ccc(N(c3ccccc3)c3ccccc3)cc1C2(C)C. The number of hydrogen-bond donors (Lipinski definition) is 0. The van der Waals surface area contributed by atoms with Crippen molar-refractivity contribution in [3.8, 4) is 22.3 Å². The van der Waals surface area contributed by atoms with Gasteiger partial charge in [-0.25, -0.2) is 0 Å². The summed E-state index contributed by atoms with van der Waals surface area (Å²) in [6, 6.07) is 42.8. The van der Waals surface area contributed by atoms with Crippen molar-refractivity contribution in [2.75, 3.05) is 9.80 Å². The zero-order chi connectivity index (χ0) is 35.0. The Labute approximate surface area is 307 Å². The molecule has 262 valence electrons. The molecule has 0 unspecified atom stereocenters. The molecule has 5 aromatic carbocycles. The molecule has 8 rings (SSSR count). The maximum atomic E-state index is 2.91. The van der Waals surface area contributed by atoms with Crippen LogP contribution < -0.4 is 9.80 Å². The highest BCUT2D eigenvalue weighted by molar-refractivity contribution is 5.88. The summed E-state index contributed by atoms with van der Waals surface area (Å²) in [5.74, 6) is 0. The van der Waals surface area contributed by atoms with Crippen LogP contribution in [0.4, 0.5) is 22.7 Å². The minimum atomic E-state index is -0.119. The molecule has 0 heterocycles. The van der Waals surface area contributed by atoms with Crippen molar-refractivity contribution < 1.29 is 0 Å². The van der Waals surface area contributed by atoms with Gasteiger partial charge >= 0.3 is 0 Å². The molecule has 0 radical (unpaired) electrons. The Balaban J connectivity index is 1.19. The number of fused-ring (bicyclic) bond motifs is 3.